The van der Waals surface area contributed by atoms with Crippen LogP contribution in [0.5, 0.6) is 5.75 Å². The Bertz CT molecular complexity index is 652. The third-order valence-electron chi connectivity index (χ3n) is 2.78. The van der Waals surface area contributed by atoms with Gasteiger partial charge in [0.1, 0.15) is 23.6 Å². The van der Waals surface area contributed by atoms with Crippen molar-refractivity contribution in [2.75, 3.05) is 0 Å². The Balaban J connectivity index is 2.17. The Morgan fingerprint density at radius 2 is 1.80 bits per heavy atom. The second kappa shape index (κ2) is 6.26. The molecule has 0 heterocycles. The topological polar surface area (TPSA) is 77.0 Å². The zero-order valence-electron chi connectivity index (χ0n) is 10.7. The molecule has 4 nitrogen and oxygen atoms in total. The van der Waals surface area contributed by atoms with E-state index in [4.69, 9.17) is 15.3 Å². The molecule has 0 amide bonds. The largest absolute Gasteiger partial charge is 0.505 e. The van der Waals surface area contributed by atoms with Crippen molar-refractivity contribution in [2.24, 2.45) is 0 Å². The molecule has 4 heteroatoms. The number of allylic oxidation sites excluding steroid dienone is 4. The van der Waals surface area contributed by atoms with Crippen molar-refractivity contribution in [2.45, 2.75) is 12.8 Å². The minimum absolute atomic E-state index is 0.309. The Hall–Kier alpha value is -2.98. The highest BCUT2D eigenvalue weighted by Gasteiger charge is 2.08. The zero-order valence-corrected chi connectivity index (χ0v) is 10.7. The van der Waals surface area contributed by atoms with Crippen molar-refractivity contribution in [3.05, 3.63) is 59.4 Å². The molecule has 0 spiro atoms. The van der Waals surface area contributed by atoms with E-state index in [-0.39, 0.29) is 11.3 Å². The number of nitrogens with zero attached hydrogens (tertiary/aromatic N) is 2. The summed E-state index contributed by atoms with van der Waals surface area (Å²) in [4.78, 5) is 0. The Morgan fingerprint density at radius 3 is 2.35 bits per heavy atom. The first-order chi connectivity index (χ1) is 9.74. The molecular formula is C16H12N2O2. The molecule has 0 bridgehead atoms. The fourth-order valence-corrected chi connectivity index (χ4v) is 1.76. The smallest absolute Gasteiger partial charge is 0.171 e. The highest BCUT2D eigenvalue weighted by molar-refractivity contribution is 5.69. The van der Waals surface area contributed by atoms with Crippen LogP contribution in [0.3, 0.4) is 0 Å². The fraction of sp³-hybridized carbons (Fsp3) is 0.125. The van der Waals surface area contributed by atoms with E-state index in [1.54, 1.807) is 36.4 Å². The van der Waals surface area contributed by atoms with Crippen molar-refractivity contribution in [3.63, 3.8) is 0 Å². The van der Waals surface area contributed by atoms with Crippen LogP contribution in [-0.2, 0) is 0 Å². The Labute approximate surface area is 117 Å². The predicted molar refractivity (Wildman–Crippen MR) is 74.3 cm³/mol. The molecule has 1 aromatic rings. The average Bonchev–Trinajstić information content (AvgIpc) is 2.50. The van der Waals surface area contributed by atoms with Crippen LogP contribution in [0, 0.1) is 22.7 Å². The van der Waals surface area contributed by atoms with Crippen molar-refractivity contribution in [1.82, 2.24) is 0 Å². The lowest BCUT2D eigenvalue weighted by Gasteiger charge is -2.09. The van der Waals surface area contributed by atoms with E-state index in [0.717, 1.165) is 18.6 Å². The molecule has 0 atom stereocenters. The average molecular weight is 264 g/mol. The van der Waals surface area contributed by atoms with Gasteiger partial charge in [-0.15, -0.1) is 0 Å². The van der Waals surface area contributed by atoms with Crippen LogP contribution < -0.4 is 4.74 Å². The minimum Gasteiger partial charge on any atom is -0.505 e. The first-order valence-corrected chi connectivity index (χ1v) is 6.13. The van der Waals surface area contributed by atoms with E-state index in [0.29, 0.717) is 11.3 Å². The maximum absolute atomic E-state index is 9.76. The molecule has 1 aliphatic rings. The molecular weight excluding hydrogens is 252 g/mol. The number of nitriles is 2. The van der Waals surface area contributed by atoms with Crippen LogP contribution in [0.25, 0.3) is 5.76 Å². The SMILES string of the molecule is N#CC(C#N)=C(O)c1ccc(OC2=CCCC=C2)cc1. The van der Waals surface area contributed by atoms with Gasteiger partial charge in [-0.2, -0.15) is 10.5 Å². The molecule has 0 fully saturated rings. The molecule has 20 heavy (non-hydrogen) atoms. The zero-order chi connectivity index (χ0) is 14.4. The summed E-state index contributed by atoms with van der Waals surface area (Å²) in [6.07, 6.45) is 7.95. The third kappa shape index (κ3) is 3.07. The van der Waals surface area contributed by atoms with E-state index in [1.165, 1.54) is 0 Å². The number of ether oxygens (including phenoxy) is 1. The number of aliphatic hydroxyl groups is 1. The van der Waals surface area contributed by atoms with Crippen molar-refractivity contribution >= 4 is 5.76 Å². The molecule has 1 N–H and O–H groups in total. The lowest BCUT2D eigenvalue weighted by atomic mass is 10.1. The molecule has 98 valence electrons. The summed E-state index contributed by atoms with van der Waals surface area (Å²) < 4.78 is 5.65. The summed E-state index contributed by atoms with van der Waals surface area (Å²) in [5.74, 6) is 1.10. The number of hydrogen-bond acceptors (Lipinski definition) is 4. The van der Waals surface area contributed by atoms with E-state index in [1.807, 2.05) is 18.2 Å². The van der Waals surface area contributed by atoms with Gasteiger partial charge in [0.2, 0.25) is 0 Å². The van der Waals surface area contributed by atoms with Crippen molar-refractivity contribution in [3.8, 4) is 17.9 Å². The summed E-state index contributed by atoms with van der Waals surface area (Å²) in [7, 11) is 0. The summed E-state index contributed by atoms with van der Waals surface area (Å²) in [5.41, 5.74) is 0.0974. The molecule has 0 aliphatic heterocycles. The van der Waals surface area contributed by atoms with Crippen LogP contribution in [0.15, 0.2) is 53.8 Å². The molecule has 1 aromatic carbocycles. The number of aliphatic hydroxyl groups excluding tert-OH is 1. The van der Waals surface area contributed by atoms with Crippen LogP contribution in [0.4, 0.5) is 0 Å². The lowest BCUT2D eigenvalue weighted by Crippen LogP contribution is -1.95. The normalized spacial score (nSPS) is 12.8. The van der Waals surface area contributed by atoms with Gasteiger partial charge < -0.3 is 9.84 Å². The summed E-state index contributed by atoms with van der Waals surface area (Å²) >= 11 is 0. The van der Waals surface area contributed by atoms with Gasteiger partial charge in [-0.3, -0.25) is 0 Å². The monoisotopic (exact) mass is 264 g/mol. The van der Waals surface area contributed by atoms with Gasteiger partial charge in [-0.05, 0) is 49.3 Å². The summed E-state index contributed by atoms with van der Waals surface area (Å²) in [5, 5.41) is 27.2. The first-order valence-electron chi connectivity index (χ1n) is 6.13. The van der Waals surface area contributed by atoms with Gasteiger partial charge in [0.15, 0.2) is 11.3 Å². The maximum atomic E-state index is 9.76. The maximum Gasteiger partial charge on any atom is 0.171 e. The predicted octanol–water partition coefficient (Wildman–Crippen LogP) is 3.62. The van der Waals surface area contributed by atoms with Gasteiger partial charge in [-0.25, -0.2) is 0 Å². The second-order valence-electron chi connectivity index (χ2n) is 4.16. The van der Waals surface area contributed by atoms with E-state index < -0.39 is 0 Å². The van der Waals surface area contributed by atoms with Crippen LogP contribution in [0.2, 0.25) is 0 Å². The number of rotatable bonds is 3. The highest BCUT2D eigenvalue weighted by Crippen LogP contribution is 2.22. The lowest BCUT2D eigenvalue weighted by molar-refractivity contribution is 0.439. The number of hydrogen-bond donors (Lipinski definition) is 1. The van der Waals surface area contributed by atoms with Crippen LogP contribution in [-0.4, -0.2) is 5.11 Å². The van der Waals surface area contributed by atoms with Crippen molar-refractivity contribution < 1.29 is 9.84 Å². The standard InChI is InChI=1S/C16H12N2O2/c17-10-13(11-18)16(19)12-6-8-15(9-7-12)20-14-4-2-1-3-5-14/h2,4-9,19H,1,3H2. The molecule has 1 aliphatic carbocycles. The molecule has 0 saturated heterocycles. The Kier molecular flexibility index (Phi) is 4.21. The molecule has 0 unspecified atom stereocenters. The first kappa shape index (κ1) is 13.5. The molecule has 2 rings (SSSR count). The van der Waals surface area contributed by atoms with Gasteiger partial charge >= 0.3 is 0 Å². The van der Waals surface area contributed by atoms with Gasteiger partial charge in [0.25, 0.3) is 0 Å². The number of benzene rings is 1. The van der Waals surface area contributed by atoms with Crippen LogP contribution >= 0.6 is 0 Å². The summed E-state index contributed by atoms with van der Waals surface area (Å²) in [6, 6.07) is 9.87. The fourth-order valence-electron chi connectivity index (χ4n) is 1.76. The van der Waals surface area contributed by atoms with Gasteiger partial charge in [0.05, 0.1) is 0 Å². The minimum atomic E-state index is -0.321. The molecule has 0 radical (unpaired) electrons. The van der Waals surface area contributed by atoms with Crippen molar-refractivity contribution in [1.29, 1.82) is 10.5 Å². The van der Waals surface area contributed by atoms with E-state index in [2.05, 4.69) is 0 Å². The van der Waals surface area contributed by atoms with Gasteiger partial charge in [-0.1, -0.05) is 6.08 Å². The molecule has 0 aromatic heterocycles. The third-order valence-corrected chi connectivity index (χ3v) is 2.78. The quantitative estimate of drug-likeness (QED) is 0.668. The second-order valence-corrected chi connectivity index (χ2v) is 4.16. The summed E-state index contributed by atoms with van der Waals surface area (Å²) in [6.45, 7) is 0. The highest BCUT2D eigenvalue weighted by atomic mass is 16.5. The molecule has 0 saturated carbocycles. The van der Waals surface area contributed by atoms with Crippen LogP contribution in [0.1, 0.15) is 18.4 Å². The van der Waals surface area contributed by atoms with E-state index in [9.17, 15) is 5.11 Å². The van der Waals surface area contributed by atoms with E-state index >= 15 is 0 Å². The Morgan fingerprint density at radius 1 is 1.10 bits per heavy atom. The van der Waals surface area contributed by atoms with Gasteiger partial charge in [0, 0.05) is 5.56 Å².